The minimum atomic E-state index is -0.502. The van der Waals surface area contributed by atoms with Crippen molar-refractivity contribution in [1.82, 2.24) is 10.6 Å². The van der Waals surface area contributed by atoms with E-state index in [1.54, 1.807) is 19.2 Å². The smallest absolute Gasteiger partial charge is 0.251 e. The molecule has 124 valence electrons. The van der Waals surface area contributed by atoms with E-state index in [9.17, 15) is 9.59 Å². The van der Waals surface area contributed by atoms with Gasteiger partial charge in [0.05, 0.1) is 5.41 Å². The molecule has 1 aromatic carbocycles. The Hall–Kier alpha value is -1.59. The predicted octanol–water partition coefficient (Wildman–Crippen LogP) is 1.85. The molecule has 0 aliphatic heterocycles. The quantitative estimate of drug-likeness (QED) is 0.714. The van der Waals surface area contributed by atoms with Crippen molar-refractivity contribution in [2.75, 3.05) is 13.6 Å². The molecular formula is C16H26ClN3O2. The highest BCUT2D eigenvalue weighted by Gasteiger charge is 2.32. The van der Waals surface area contributed by atoms with Gasteiger partial charge in [0.1, 0.15) is 0 Å². The molecular weight excluding hydrogens is 302 g/mol. The molecule has 22 heavy (non-hydrogen) atoms. The maximum absolute atomic E-state index is 12.3. The van der Waals surface area contributed by atoms with Gasteiger partial charge >= 0.3 is 0 Å². The fourth-order valence-corrected chi connectivity index (χ4v) is 2.29. The predicted molar refractivity (Wildman–Crippen MR) is 91.0 cm³/mol. The van der Waals surface area contributed by atoms with Crippen molar-refractivity contribution in [3.63, 3.8) is 0 Å². The molecule has 0 spiro atoms. The highest BCUT2D eigenvalue weighted by atomic mass is 35.5. The van der Waals surface area contributed by atoms with Gasteiger partial charge in [-0.25, -0.2) is 0 Å². The van der Waals surface area contributed by atoms with Gasteiger partial charge in [-0.1, -0.05) is 26.0 Å². The zero-order valence-corrected chi connectivity index (χ0v) is 14.3. The van der Waals surface area contributed by atoms with Crippen LogP contribution in [-0.2, 0) is 11.3 Å². The van der Waals surface area contributed by atoms with Crippen LogP contribution in [0.25, 0.3) is 0 Å². The molecule has 0 aliphatic carbocycles. The van der Waals surface area contributed by atoms with Gasteiger partial charge in [-0.05, 0) is 30.5 Å². The summed E-state index contributed by atoms with van der Waals surface area (Å²) in [5.74, 6) is -0.165. The highest BCUT2D eigenvalue weighted by Crippen LogP contribution is 2.25. The molecule has 0 saturated heterocycles. The molecule has 0 aromatic heterocycles. The molecule has 0 aliphatic rings. The zero-order valence-electron chi connectivity index (χ0n) is 13.4. The second-order valence-corrected chi connectivity index (χ2v) is 5.15. The molecule has 0 saturated carbocycles. The van der Waals surface area contributed by atoms with Gasteiger partial charge in [0.15, 0.2) is 0 Å². The number of carbonyl (C=O) groups excluding carboxylic acids is 2. The Balaban J connectivity index is 0.00000441. The van der Waals surface area contributed by atoms with Crippen molar-refractivity contribution in [3.8, 4) is 0 Å². The number of carbonyl (C=O) groups is 2. The average Bonchev–Trinajstić information content (AvgIpc) is 2.54. The van der Waals surface area contributed by atoms with Gasteiger partial charge in [-0.15, -0.1) is 12.4 Å². The number of rotatable bonds is 7. The summed E-state index contributed by atoms with van der Waals surface area (Å²) >= 11 is 0. The Morgan fingerprint density at radius 3 is 2.36 bits per heavy atom. The molecule has 4 N–H and O–H groups in total. The third-order valence-corrected chi connectivity index (χ3v) is 4.10. The number of hydrogen-bond donors (Lipinski definition) is 3. The van der Waals surface area contributed by atoms with Crippen molar-refractivity contribution in [2.24, 2.45) is 11.1 Å². The van der Waals surface area contributed by atoms with E-state index in [-0.39, 0.29) is 24.2 Å². The largest absolute Gasteiger partial charge is 0.355 e. The van der Waals surface area contributed by atoms with Crippen LogP contribution >= 0.6 is 12.4 Å². The van der Waals surface area contributed by atoms with E-state index in [0.29, 0.717) is 31.5 Å². The molecule has 6 heteroatoms. The van der Waals surface area contributed by atoms with Crippen molar-refractivity contribution in [3.05, 3.63) is 35.4 Å². The fraction of sp³-hybridized carbons (Fsp3) is 0.500. The topological polar surface area (TPSA) is 84.2 Å². The summed E-state index contributed by atoms with van der Waals surface area (Å²) in [6.45, 7) is 4.68. The first-order chi connectivity index (χ1) is 10.0. The first kappa shape index (κ1) is 20.4. The minimum absolute atomic E-state index is 0. The van der Waals surface area contributed by atoms with E-state index in [2.05, 4.69) is 10.6 Å². The van der Waals surface area contributed by atoms with E-state index in [4.69, 9.17) is 5.73 Å². The molecule has 1 rings (SSSR count). The molecule has 0 bridgehead atoms. The number of benzene rings is 1. The number of amides is 2. The van der Waals surface area contributed by atoms with Crippen LogP contribution in [0, 0.1) is 5.41 Å². The maximum atomic E-state index is 12.3. The second-order valence-electron chi connectivity index (χ2n) is 5.15. The Morgan fingerprint density at radius 1 is 1.23 bits per heavy atom. The first-order valence-corrected chi connectivity index (χ1v) is 7.32. The highest BCUT2D eigenvalue weighted by molar-refractivity contribution is 5.94. The zero-order chi connectivity index (χ0) is 15.9. The Bertz CT molecular complexity index is 494. The first-order valence-electron chi connectivity index (χ1n) is 7.32. The van der Waals surface area contributed by atoms with Crippen LogP contribution in [0.15, 0.2) is 24.3 Å². The summed E-state index contributed by atoms with van der Waals surface area (Å²) in [5, 5.41) is 5.51. The monoisotopic (exact) mass is 327 g/mol. The molecule has 0 atom stereocenters. The van der Waals surface area contributed by atoms with E-state index in [0.717, 1.165) is 5.56 Å². The lowest BCUT2D eigenvalue weighted by atomic mass is 9.81. The fourth-order valence-electron chi connectivity index (χ4n) is 2.29. The molecule has 0 heterocycles. The molecule has 0 unspecified atom stereocenters. The Labute approximate surface area is 138 Å². The maximum Gasteiger partial charge on any atom is 0.251 e. The summed E-state index contributed by atoms with van der Waals surface area (Å²) in [7, 11) is 1.59. The van der Waals surface area contributed by atoms with Gasteiger partial charge in [-0.2, -0.15) is 0 Å². The van der Waals surface area contributed by atoms with Gasteiger partial charge in [0.2, 0.25) is 5.91 Å². The summed E-state index contributed by atoms with van der Waals surface area (Å²) < 4.78 is 0. The van der Waals surface area contributed by atoms with E-state index in [1.165, 1.54) is 0 Å². The number of nitrogens with one attached hydrogen (secondary N) is 2. The number of halogens is 1. The van der Waals surface area contributed by atoms with Crippen molar-refractivity contribution < 1.29 is 9.59 Å². The van der Waals surface area contributed by atoms with E-state index < -0.39 is 5.41 Å². The van der Waals surface area contributed by atoms with Crippen LogP contribution in [-0.4, -0.2) is 25.4 Å². The molecule has 1 aromatic rings. The molecule has 5 nitrogen and oxygen atoms in total. The third-order valence-electron chi connectivity index (χ3n) is 4.10. The SMILES string of the molecule is CCC(CC)(CN)C(=O)NCc1cccc(C(=O)NC)c1.Cl. The summed E-state index contributed by atoms with van der Waals surface area (Å²) in [5.41, 5.74) is 6.74. The summed E-state index contributed by atoms with van der Waals surface area (Å²) in [6.07, 6.45) is 1.42. The average molecular weight is 328 g/mol. The van der Waals surface area contributed by atoms with Gasteiger partial charge < -0.3 is 16.4 Å². The van der Waals surface area contributed by atoms with Crippen molar-refractivity contribution in [1.29, 1.82) is 0 Å². The molecule has 0 fully saturated rings. The van der Waals surface area contributed by atoms with Crippen LogP contribution in [0.1, 0.15) is 42.6 Å². The minimum Gasteiger partial charge on any atom is -0.355 e. The summed E-state index contributed by atoms with van der Waals surface area (Å²) in [4.78, 5) is 23.9. The lowest BCUT2D eigenvalue weighted by Crippen LogP contribution is -2.45. The van der Waals surface area contributed by atoms with Crippen LogP contribution in [0.4, 0.5) is 0 Å². The molecule has 0 radical (unpaired) electrons. The van der Waals surface area contributed by atoms with Crippen LogP contribution in [0.5, 0.6) is 0 Å². The second kappa shape index (κ2) is 9.43. The van der Waals surface area contributed by atoms with Crippen LogP contribution in [0.3, 0.4) is 0 Å². The van der Waals surface area contributed by atoms with Crippen molar-refractivity contribution >= 4 is 24.2 Å². The van der Waals surface area contributed by atoms with Gasteiger partial charge in [0, 0.05) is 25.7 Å². The third kappa shape index (κ3) is 4.71. The van der Waals surface area contributed by atoms with Crippen LogP contribution < -0.4 is 16.4 Å². The Morgan fingerprint density at radius 2 is 1.86 bits per heavy atom. The number of hydrogen-bond acceptors (Lipinski definition) is 3. The van der Waals surface area contributed by atoms with E-state index in [1.807, 2.05) is 26.0 Å². The standard InChI is InChI=1S/C16H25N3O2.ClH/c1-4-16(5-2,11-17)15(21)19-10-12-7-6-8-13(9-12)14(20)18-3;/h6-9H,4-5,10-11,17H2,1-3H3,(H,18,20)(H,19,21);1H. The van der Waals surface area contributed by atoms with Crippen LogP contribution in [0.2, 0.25) is 0 Å². The molecule has 2 amide bonds. The van der Waals surface area contributed by atoms with Crippen molar-refractivity contribution in [2.45, 2.75) is 33.2 Å². The summed E-state index contributed by atoms with van der Waals surface area (Å²) in [6, 6.07) is 7.21. The van der Waals surface area contributed by atoms with Gasteiger partial charge in [-0.3, -0.25) is 9.59 Å². The number of nitrogens with two attached hydrogens (primary N) is 1. The Kier molecular flexibility index (Phi) is 8.75. The normalized spacial score (nSPS) is 10.5. The van der Waals surface area contributed by atoms with Gasteiger partial charge in [0.25, 0.3) is 5.91 Å². The lowest BCUT2D eigenvalue weighted by molar-refractivity contribution is -0.131. The van der Waals surface area contributed by atoms with E-state index >= 15 is 0 Å². The lowest BCUT2D eigenvalue weighted by Gasteiger charge is -2.28.